The van der Waals surface area contributed by atoms with E-state index in [0.717, 1.165) is 12.0 Å². The van der Waals surface area contributed by atoms with E-state index < -0.39 is 0 Å². The van der Waals surface area contributed by atoms with Crippen molar-refractivity contribution in [1.82, 2.24) is 15.1 Å². The van der Waals surface area contributed by atoms with Crippen LogP contribution < -0.4 is 5.32 Å². The molecule has 0 aromatic heterocycles. The van der Waals surface area contributed by atoms with Crippen molar-refractivity contribution in [3.05, 3.63) is 35.1 Å². The molecule has 1 aliphatic heterocycles. The number of halogens is 1. The van der Waals surface area contributed by atoms with E-state index in [1.54, 1.807) is 11.0 Å². The number of nitrogens with zero attached hydrogens (tertiary/aromatic N) is 2. The van der Waals surface area contributed by atoms with Gasteiger partial charge in [-0.2, -0.15) is 0 Å². The first kappa shape index (κ1) is 16.7. The zero-order chi connectivity index (χ0) is 16.1. The highest BCUT2D eigenvalue weighted by Crippen LogP contribution is 2.16. The zero-order valence-corrected chi connectivity index (χ0v) is 13.2. The molecule has 0 saturated carbocycles. The first-order chi connectivity index (χ1) is 10.5. The number of carbonyl (C=O) groups excluding carboxylic acids is 1. The summed E-state index contributed by atoms with van der Waals surface area (Å²) in [6.07, 6.45) is 0.831. The van der Waals surface area contributed by atoms with Gasteiger partial charge >= 0.3 is 6.03 Å². The lowest BCUT2D eigenvalue weighted by molar-refractivity contribution is 0.198. The molecule has 0 aliphatic carbocycles. The van der Waals surface area contributed by atoms with E-state index in [9.17, 15) is 9.18 Å². The van der Waals surface area contributed by atoms with Gasteiger partial charge in [0.05, 0.1) is 0 Å². The van der Waals surface area contributed by atoms with Crippen LogP contribution in [0, 0.1) is 11.7 Å². The van der Waals surface area contributed by atoms with E-state index in [0.29, 0.717) is 31.7 Å². The number of hydrogen-bond donors (Lipinski definition) is 2. The first-order valence-corrected chi connectivity index (χ1v) is 7.55. The fourth-order valence-electron chi connectivity index (χ4n) is 2.63. The summed E-state index contributed by atoms with van der Waals surface area (Å²) in [6, 6.07) is 4.91. The van der Waals surface area contributed by atoms with Gasteiger partial charge < -0.3 is 20.2 Å². The Morgan fingerprint density at radius 2 is 2.27 bits per heavy atom. The van der Waals surface area contributed by atoms with E-state index in [4.69, 9.17) is 5.11 Å². The largest absolute Gasteiger partial charge is 0.396 e. The zero-order valence-electron chi connectivity index (χ0n) is 13.2. The molecule has 2 amide bonds. The number of hydrogen-bond acceptors (Lipinski definition) is 3. The van der Waals surface area contributed by atoms with Gasteiger partial charge in [-0.1, -0.05) is 12.1 Å². The third-order valence-corrected chi connectivity index (χ3v) is 3.88. The minimum atomic E-state index is -0.248. The molecule has 2 rings (SSSR count). The van der Waals surface area contributed by atoms with Gasteiger partial charge in [0.1, 0.15) is 5.82 Å². The fraction of sp³-hybridized carbons (Fsp3) is 0.562. The highest BCUT2D eigenvalue weighted by molar-refractivity contribution is 5.74. The first-order valence-electron chi connectivity index (χ1n) is 7.55. The smallest absolute Gasteiger partial charge is 0.317 e. The van der Waals surface area contributed by atoms with Crippen molar-refractivity contribution in [2.75, 3.05) is 33.8 Å². The third kappa shape index (κ3) is 4.42. The minimum Gasteiger partial charge on any atom is -0.396 e. The molecule has 2 N–H and O–H groups in total. The number of likely N-dealkylation sites (tertiary alicyclic amines) is 1. The normalized spacial score (nSPS) is 18.0. The summed E-state index contributed by atoms with van der Waals surface area (Å²) in [6.45, 7) is 2.21. The molecule has 5 nitrogen and oxygen atoms in total. The predicted octanol–water partition coefficient (Wildman–Crippen LogP) is 1.41. The molecule has 1 saturated heterocycles. The Morgan fingerprint density at radius 1 is 1.50 bits per heavy atom. The maximum Gasteiger partial charge on any atom is 0.317 e. The Kier molecular flexibility index (Phi) is 5.74. The number of urea groups is 1. The molecule has 0 bridgehead atoms. The summed E-state index contributed by atoms with van der Waals surface area (Å²) in [7, 11) is 3.78. The molecular formula is C16H24FN3O2. The summed E-state index contributed by atoms with van der Waals surface area (Å²) in [4.78, 5) is 15.6. The second-order valence-corrected chi connectivity index (χ2v) is 6.11. The average molecular weight is 309 g/mol. The lowest BCUT2D eigenvalue weighted by Gasteiger charge is -2.17. The van der Waals surface area contributed by atoms with Crippen LogP contribution >= 0.6 is 0 Å². The van der Waals surface area contributed by atoms with E-state index in [1.165, 1.54) is 6.07 Å². The Bertz CT molecular complexity index is 522. The van der Waals surface area contributed by atoms with Crippen LogP contribution in [0.2, 0.25) is 0 Å². The van der Waals surface area contributed by atoms with E-state index >= 15 is 0 Å². The van der Waals surface area contributed by atoms with Gasteiger partial charge in [-0.3, -0.25) is 0 Å². The van der Waals surface area contributed by atoms with Gasteiger partial charge in [0.25, 0.3) is 0 Å². The highest BCUT2D eigenvalue weighted by Gasteiger charge is 2.25. The van der Waals surface area contributed by atoms with E-state index in [1.807, 2.05) is 25.1 Å². The van der Waals surface area contributed by atoms with Crippen LogP contribution in [0.4, 0.5) is 9.18 Å². The molecule has 1 heterocycles. The van der Waals surface area contributed by atoms with Crippen LogP contribution in [-0.4, -0.2) is 54.7 Å². The minimum absolute atomic E-state index is 0.113. The van der Waals surface area contributed by atoms with Crippen molar-refractivity contribution >= 4 is 6.03 Å². The summed E-state index contributed by atoms with van der Waals surface area (Å²) >= 11 is 0. The molecule has 1 aromatic carbocycles. The lowest BCUT2D eigenvalue weighted by Crippen LogP contribution is -2.38. The molecule has 1 aromatic rings. The van der Waals surface area contributed by atoms with Crippen LogP contribution in [0.1, 0.15) is 17.5 Å². The summed E-state index contributed by atoms with van der Waals surface area (Å²) < 4.78 is 14.0. The molecule has 0 radical (unpaired) electrons. The molecule has 122 valence electrons. The van der Waals surface area contributed by atoms with Gasteiger partial charge in [-0.15, -0.1) is 0 Å². The van der Waals surface area contributed by atoms with Crippen molar-refractivity contribution < 1.29 is 14.3 Å². The molecule has 1 fully saturated rings. The van der Waals surface area contributed by atoms with Gasteiger partial charge in [0, 0.05) is 44.3 Å². The van der Waals surface area contributed by atoms with Gasteiger partial charge in [-0.05, 0) is 32.1 Å². The van der Waals surface area contributed by atoms with Gasteiger partial charge in [0.15, 0.2) is 0 Å². The Morgan fingerprint density at radius 3 is 2.86 bits per heavy atom. The topological polar surface area (TPSA) is 55.8 Å². The second kappa shape index (κ2) is 7.56. The number of aliphatic hydroxyl groups is 1. The molecular weight excluding hydrogens is 285 g/mol. The number of benzene rings is 1. The Hall–Kier alpha value is -1.66. The van der Waals surface area contributed by atoms with Crippen molar-refractivity contribution in [1.29, 1.82) is 0 Å². The maximum atomic E-state index is 14.0. The van der Waals surface area contributed by atoms with Crippen molar-refractivity contribution in [2.45, 2.75) is 19.5 Å². The average Bonchev–Trinajstić information content (AvgIpc) is 2.96. The summed E-state index contributed by atoms with van der Waals surface area (Å²) in [5.41, 5.74) is 1.39. The standard InChI is InChI=1S/C16H24FN3O2/c1-19(2)10-14-4-3-12(7-15(14)17)8-18-16(22)20-6-5-13(9-20)11-21/h3-4,7,13,21H,5-6,8-11H2,1-2H3,(H,18,22). The van der Waals surface area contributed by atoms with Crippen LogP contribution in [0.25, 0.3) is 0 Å². The van der Waals surface area contributed by atoms with Gasteiger partial charge in [-0.25, -0.2) is 9.18 Å². The number of amides is 2. The summed E-state index contributed by atoms with van der Waals surface area (Å²) in [5.74, 6) is -0.0736. The Labute approximate surface area is 130 Å². The van der Waals surface area contributed by atoms with Crippen molar-refractivity contribution in [3.63, 3.8) is 0 Å². The van der Waals surface area contributed by atoms with E-state index in [-0.39, 0.29) is 24.4 Å². The van der Waals surface area contributed by atoms with Crippen molar-refractivity contribution in [3.8, 4) is 0 Å². The maximum absolute atomic E-state index is 14.0. The van der Waals surface area contributed by atoms with Crippen LogP contribution in [-0.2, 0) is 13.1 Å². The SMILES string of the molecule is CN(C)Cc1ccc(CNC(=O)N2CCC(CO)C2)cc1F. The molecule has 1 aliphatic rings. The number of nitrogens with one attached hydrogen (secondary N) is 1. The number of carbonyl (C=O) groups is 1. The highest BCUT2D eigenvalue weighted by atomic mass is 19.1. The van der Waals surface area contributed by atoms with E-state index in [2.05, 4.69) is 5.32 Å². The fourth-order valence-corrected chi connectivity index (χ4v) is 2.63. The van der Waals surface area contributed by atoms with Crippen molar-refractivity contribution in [2.24, 2.45) is 5.92 Å². The molecule has 1 unspecified atom stereocenters. The Balaban J connectivity index is 1.86. The van der Waals surface area contributed by atoms with Crippen LogP contribution in [0.5, 0.6) is 0 Å². The predicted molar refractivity (Wildman–Crippen MR) is 82.8 cm³/mol. The van der Waals surface area contributed by atoms with Crippen LogP contribution in [0.3, 0.4) is 0 Å². The quantitative estimate of drug-likeness (QED) is 0.865. The number of rotatable bonds is 5. The monoisotopic (exact) mass is 309 g/mol. The molecule has 1 atom stereocenters. The second-order valence-electron chi connectivity index (χ2n) is 6.11. The molecule has 6 heteroatoms. The third-order valence-electron chi connectivity index (χ3n) is 3.88. The molecule has 0 spiro atoms. The lowest BCUT2D eigenvalue weighted by atomic mass is 10.1. The summed E-state index contributed by atoms with van der Waals surface area (Å²) in [5, 5.41) is 11.9. The number of aliphatic hydroxyl groups excluding tert-OH is 1. The van der Waals surface area contributed by atoms with Crippen LogP contribution in [0.15, 0.2) is 18.2 Å². The molecule has 22 heavy (non-hydrogen) atoms. The van der Waals surface area contributed by atoms with Gasteiger partial charge in [0.2, 0.25) is 0 Å².